The number of benzene rings is 4. The van der Waals surface area contributed by atoms with E-state index in [-0.39, 0.29) is 5.41 Å². The molecule has 4 nitrogen and oxygen atoms in total. The van der Waals surface area contributed by atoms with Crippen molar-refractivity contribution >= 4 is 29.1 Å². The summed E-state index contributed by atoms with van der Waals surface area (Å²) >= 11 is 0. The van der Waals surface area contributed by atoms with Crippen molar-refractivity contribution in [1.82, 2.24) is 4.57 Å². The third kappa shape index (κ3) is 2.65. The van der Waals surface area contributed by atoms with E-state index < -0.39 is 7.32 Å². The van der Waals surface area contributed by atoms with E-state index >= 15 is 0 Å². The molecule has 0 unspecified atom stereocenters. The molecule has 0 fully saturated rings. The fourth-order valence-electron chi connectivity index (χ4n) is 5.24. The van der Waals surface area contributed by atoms with E-state index in [0.717, 1.165) is 16.8 Å². The van der Waals surface area contributed by atoms with Crippen molar-refractivity contribution in [2.75, 3.05) is 0 Å². The maximum atomic E-state index is 9.20. The van der Waals surface area contributed by atoms with Gasteiger partial charge in [-0.15, -0.1) is 0 Å². The molecule has 1 heterocycles. The first kappa shape index (κ1) is 19.2. The van der Waals surface area contributed by atoms with Crippen LogP contribution in [0.3, 0.4) is 0 Å². The molecule has 0 saturated carbocycles. The van der Waals surface area contributed by atoms with E-state index in [2.05, 4.69) is 85.1 Å². The Balaban J connectivity index is 1.56. The van der Waals surface area contributed by atoms with Gasteiger partial charge < -0.3 is 19.3 Å². The van der Waals surface area contributed by atoms with E-state index in [0.29, 0.717) is 5.75 Å². The highest BCUT2D eigenvalue weighted by molar-refractivity contribution is 6.33. The molecular weight excluding hydrogens is 397 g/mol. The summed E-state index contributed by atoms with van der Waals surface area (Å²) < 4.78 is 7.45. The molecule has 6 rings (SSSR count). The molecule has 32 heavy (non-hydrogen) atoms. The predicted octanol–water partition coefficient (Wildman–Crippen LogP) is 5.44. The van der Waals surface area contributed by atoms with Gasteiger partial charge in [-0.25, -0.2) is 0 Å². The van der Waals surface area contributed by atoms with Crippen molar-refractivity contribution in [2.24, 2.45) is 0 Å². The Bertz CT molecular complexity index is 1460. The number of para-hydroxylation sites is 2. The maximum Gasteiger partial charge on any atom is 0.707 e. The number of fused-ring (bicyclic) bond motifs is 6. The number of hydrogen-bond donors (Lipinski definition) is 2. The number of aromatic nitrogens is 1. The van der Waals surface area contributed by atoms with Gasteiger partial charge in [-0.2, -0.15) is 0 Å². The Kier molecular flexibility index (Phi) is 4.03. The van der Waals surface area contributed by atoms with Crippen molar-refractivity contribution < 1.29 is 14.7 Å². The summed E-state index contributed by atoms with van der Waals surface area (Å²) in [6.45, 7) is 4.40. The van der Waals surface area contributed by atoms with Crippen LogP contribution in [0.1, 0.15) is 25.0 Å². The Morgan fingerprint density at radius 1 is 0.719 bits per heavy atom. The van der Waals surface area contributed by atoms with E-state index in [1.807, 2.05) is 12.1 Å². The van der Waals surface area contributed by atoms with Crippen LogP contribution in [0.5, 0.6) is 5.75 Å². The van der Waals surface area contributed by atoms with Crippen LogP contribution in [0, 0.1) is 0 Å². The molecule has 156 valence electrons. The Morgan fingerprint density at radius 3 is 1.91 bits per heavy atom. The van der Waals surface area contributed by atoms with Crippen molar-refractivity contribution in [1.29, 1.82) is 0 Å². The van der Waals surface area contributed by atoms with Crippen LogP contribution in [0.25, 0.3) is 38.6 Å². The van der Waals surface area contributed by atoms with Crippen molar-refractivity contribution in [3.8, 4) is 22.6 Å². The van der Waals surface area contributed by atoms with Gasteiger partial charge in [0.25, 0.3) is 0 Å². The van der Waals surface area contributed by atoms with E-state index in [4.69, 9.17) is 4.65 Å². The molecule has 1 aromatic heterocycles. The minimum absolute atomic E-state index is 0.251. The second-order valence-electron chi connectivity index (χ2n) is 8.88. The van der Waals surface area contributed by atoms with Crippen LogP contribution < -0.4 is 4.65 Å². The summed E-state index contributed by atoms with van der Waals surface area (Å²) in [4.78, 5) is 0. The van der Waals surface area contributed by atoms with Gasteiger partial charge in [-0.05, 0) is 58.7 Å². The topological polar surface area (TPSA) is 54.6 Å². The SMILES string of the molecule is CC1(C)c2cc(OB(O)O)ccc2-c2ccc(-n3c4ccccc4c4ccccc43)cc21. The van der Waals surface area contributed by atoms with Crippen LogP contribution in [0.2, 0.25) is 0 Å². The second-order valence-corrected chi connectivity index (χ2v) is 8.88. The minimum Gasteiger partial charge on any atom is -0.512 e. The fraction of sp³-hybridized carbons (Fsp3) is 0.111. The summed E-state index contributed by atoms with van der Waals surface area (Å²) in [6.07, 6.45) is 0. The molecular formula is C27H22BNO3. The Hall–Kier alpha value is -3.54. The molecule has 1 aliphatic rings. The van der Waals surface area contributed by atoms with E-state index in [1.165, 1.54) is 32.9 Å². The average Bonchev–Trinajstić information content (AvgIpc) is 3.23. The highest BCUT2D eigenvalue weighted by Gasteiger charge is 2.36. The molecule has 4 aromatic carbocycles. The van der Waals surface area contributed by atoms with Gasteiger partial charge in [0.1, 0.15) is 5.75 Å². The molecule has 2 N–H and O–H groups in total. The first-order chi connectivity index (χ1) is 15.4. The predicted molar refractivity (Wildman–Crippen MR) is 129 cm³/mol. The monoisotopic (exact) mass is 419 g/mol. The van der Waals surface area contributed by atoms with Crippen molar-refractivity contribution in [3.05, 3.63) is 96.1 Å². The average molecular weight is 419 g/mol. The van der Waals surface area contributed by atoms with Gasteiger partial charge in [-0.3, -0.25) is 0 Å². The van der Waals surface area contributed by atoms with Crippen molar-refractivity contribution in [3.63, 3.8) is 0 Å². The molecule has 5 aromatic rings. The van der Waals surface area contributed by atoms with Crippen LogP contribution in [0.15, 0.2) is 84.9 Å². The van der Waals surface area contributed by atoms with Gasteiger partial charge in [0.2, 0.25) is 0 Å². The Morgan fingerprint density at radius 2 is 1.28 bits per heavy atom. The summed E-state index contributed by atoms with van der Waals surface area (Å²) in [5, 5.41) is 20.9. The summed E-state index contributed by atoms with van der Waals surface area (Å²) in [6, 6.07) is 29.4. The molecule has 0 spiro atoms. The van der Waals surface area contributed by atoms with Crippen LogP contribution in [-0.4, -0.2) is 21.9 Å². The van der Waals surface area contributed by atoms with E-state index in [9.17, 15) is 10.0 Å². The van der Waals surface area contributed by atoms with E-state index in [1.54, 1.807) is 6.07 Å². The molecule has 0 bridgehead atoms. The van der Waals surface area contributed by atoms with Crippen LogP contribution >= 0.6 is 0 Å². The standard InChI is InChI=1S/C27H22BNO3/c1-27(2)23-15-17(11-13-19(23)20-14-12-18(16-24(20)27)32-28(30)31)29-25-9-5-3-7-21(25)22-8-4-6-10-26(22)29/h3-16,30-31H,1-2H3. The third-order valence-corrected chi connectivity index (χ3v) is 6.71. The largest absolute Gasteiger partial charge is 0.707 e. The molecule has 0 atom stereocenters. The van der Waals surface area contributed by atoms with Crippen LogP contribution in [-0.2, 0) is 5.41 Å². The first-order valence-electron chi connectivity index (χ1n) is 10.8. The smallest absolute Gasteiger partial charge is 0.512 e. The second kappa shape index (κ2) is 6.73. The molecule has 0 aliphatic heterocycles. The van der Waals surface area contributed by atoms with Gasteiger partial charge in [0.05, 0.1) is 11.0 Å². The highest BCUT2D eigenvalue weighted by Crippen LogP contribution is 2.50. The van der Waals surface area contributed by atoms with Crippen molar-refractivity contribution in [2.45, 2.75) is 19.3 Å². The van der Waals surface area contributed by atoms with Gasteiger partial charge >= 0.3 is 7.32 Å². The highest BCUT2D eigenvalue weighted by atomic mass is 16.6. The summed E-state index contributed by atoms with van der Waals surface area (Å²) in [5.41, 5.74) is 7.97. The molecule has 0 amide bonds. The van der Waals surface area contributed by atoms with Crippen LogP contribution in [0.4, 0.5) is 0 Å². The lowest BCUT2D eigenvalue weighted by Gasteiger charge is -2.23. The number of hydrogen-bond acceptors (Lipinski definition) is 3. The maximum absolute atomic E-state index is 9.20. The number of rotatable bonds is 3. The summed E-state index contributed by atoms with van der Waals surface area (Å²) in [7, 11) is -1.83. The molecule has 5 heteroatoms. The minimum atomic E-state index is -1.83. The zero-order chi connectivity index (χ0) is 22.0. The zero-order valence-corrected chi connectivity index (χ0v) is 17.9. The third-order valence-electron chi connectivity index (χ3n) is 6.71. The zero-order valence-electron chi connectivity index (χ0n) is 17.9. The Labute approximate surface area is 186 Å². The lowest BCUT2D eigenvalue weighted by atomic mass is 9.82. The molecule has 0 saturated heterocycles. The fourth-order valence-corrected chi connectivity index (χ4v) is 5.24. The van der Waals surface area contributed by atoms with Gasteiger partial charge in [-0.1, -0.05) is 62.4 Å². The molecule has 0 radical (unpaired) electrons. The normalized spacial score (nSPS) is 13.9. The van der Waals surface area contributed by atoms with Gasteiger partial charge in [0, 0.05) is 21.9 Å². The molecule has 1 aliphatic carbocycles. The lowest BCUT2D eigenvalue weighted by molar-refractivity contribution is 0.288. The van der Waals surface area contributed by atoms with Gasteiger partial charge in [0.15, 0.2) is 0 Å². The lowest BCUT2D eigenvalue weighted by Crippen LogP contribution is -2.21. The number of nitrogens with zero attached hydrogens (tertiary/aromatic N) is 1. The quantitative estimate of drug-likeness (QED) is 0.383. The first-order valence-corrected chi connectivity index (χ1v) is 10.8. The summed E-state index contributed by atoms with van der Waals surface area (Å²) in [5.74, 6) is 0.447.